The van der Waals surface area contributed by atoms with Gasteiger partial charge in [0.1, 0.15) is 6.10 Å². The summed E-state index contributed by atoms with van der Waals surface area (Å²) >= 11 is 0. The Labute approximate surface area is 100 Å². The number of carbonyl (C=O) groups is 2. The van der Waals surface area contributed by atoms with Gasteiger partial charge in [0, 0.05) is 13.7 Å². The lowest BCUT2D eigenvalue weighted by Gasteiger charge is -2.14. The molecule has 1 saturated heterocycles. The molecule has 2 N–H and O–H groups in total. The standard InChI is InChI=1S/C11H19NO5/c1-7(6-16-2)5-12-10(13)8-3-4-9(17-8)11(14)15/h7-9H,3-6H2,1-2H3,(H,12,13)(H,14,15). The van der Waals surface area contributed by atoms with Gasteiger partial charge in [0.25, 0.3) is 0 Å². The summed E-state index contributed by atoms with van der Waals surface area (Å²) in [5.41, 5.74) is 0. The number of amides is 1. The summed E-state index contributed by atoms with van der Waals surface area (Å²) in [6.45, 7) is 3.03. The number of carboxylic acid groups (broad SMARTS) is 1. The number of methoxy groups -OCH3 is 1. The highest BCUT2D eigenvalue weighted by Crippen LogP contribution is 2.19. The molecule has 3 atom stereocenters. The molecule has 1 fully saturated rings. The van der Waals surface area contributed by atoms with Gasteiger partial charge in [-0.3, -0.25) is 4.79 Å². The summed E-state index contributed by atoms with van der Waals surface area (Å²) in [5, 5.41) is 11.5. The minimum Gasteiger partial charge on any atom is -0.479 e. The van der Waals surface area contributed by atoms with Crippen LogP contribution in [-0.4, -0.2) is 49.5 Å². The Morgan fingerprint density at radius 1 is 1.47 bits per heavy atom. The second-order valence-corrected chi connectivity index (χ2v) is 4.33. The van der Waals surface area contributed by atoms with Crippen LogP contribution in [0.25, 0.3) is 0 Å². The maximum atomic E-state index is 11.7. The molecule has 0 aromatic heterocycles. The fourth-order valence-corrected chi connectivity index (χ4v) is 1.74. The average Bonchev–Trinajstić information content (AvgIpc) is 2.75. The lowest BCUT2D eigenvalue weighted by molar-refractivity contribution is -0.151. The predicted octanol–water partition coefficient (Wildman–Crippen LogP) is 0.0173. The van der Waals surface area contributed by atoms with Crippen LogP contribution < -0.4 is 5.32 Å². The van der Waals surface area contributed by atoms with E-state index in [-0.39, 0.29) is 11.8 Å². The van der Waals surface area contributed by atoms with E-state index in [4.69, 9.17) is 14.6 Å². The second-order valence-electron chi connectivity index (χ2n) is 4.33. The van der Waals surface area contributed by atoms with Crippen molar-refractivity contribution in [3.05, 3.63) is 0 Å². The molecular formula is C11H19NO5. The molecule has 0 spiro atoms. The molecule has 0 radical (unpaired) electrons. The van der Waals surface area contributed by atoms with Gasteiger partial charge in [-0.05, 0) is 18.8 Å². The van der Waals surface area contributed by atoms with Crippen LogP contribution in [0.2, 0.25) is 0 Å². The smallest absolute Gasteiger partial charge is 0.332 e. The largest absolute Gasteiger partial charge is 0.479 e. The van der Waals surface area contributed by atoms with Crippen molar-refractivity contribution in [3.8, 4) is 0 Å². The molecule has 6 nitrogen and oxygen atoms in total. The van der Waals surface area contributed by atoms with Crippen molar-refractivity contribution < 1.29 is 24.2 Å². The summed E-state index contributed by atoms with van der Waals surface area (Å²) in [6, 6.07) is 0. The van der Waals surface area contributed by atoms with Crippen molar-refractivity contribution in [1.29, 1.82) is 0 Å². The number of ether oxygens (including phenoxy) is 2. The number of carboxylic acids is 1. The third kappa shape index (κ3) is 4.32. The van der Waals surface area contributed by atoms with Gasteiger partial charge in [-0.2, -0.15) is 0 Å². The molecular weight excluding hydrogens is 226 g/mol. The SMILES string of the molecule is COCC(C)CNC(=O)C1CCC(C(=O)O)O1. The van der Waals surface area contributed by atoms with Crippen molar-refractivity contribution in [3.63, 3.8) is 0 Å². The zero-order valence-corrected chi connectivity index (χ0v) is 10.1. The Kier molecular flexibility index (Phi) is 5.37. The Morgan fingerprint density at radius 3 is 2.65 bits per heavy atom. The molecule has 98 valence electrons. The first-order chi connectivity index (χ1) is 8.04. The van der Waals surface area contributed by atoms with E-state index in [0.717, 1.165) is 0 Å². The van der Waals surface area contributed by atoms with Crippen molar-refractivity contribution >= 4 is 11.9 Å². The zero-order chi connectivity index (χ0) is 12.8. The van der Waals surface area contributed by atoms with E-state index in [9.17, 15) is 9.59 Å². The topological polar surface area (TPSA) is 84.9 Å². The van der Waals surface area contributed by atoms with Gasteiger partial charge in [0.05, 0.1) is 6.61 Å². The molecule has 0 aromatic rings. The third-order valence-corrected chi connectivity index (χ3v) is 2.66. The lowest BCUT2D eigenvalue weighted by Crippen LogP contribution is -2.38. The molecule has 1 rings (SSSR count). The monoisotopic (exact) mass is 245 g/mol. The quantitative estimate of drug-likeness (QED) is 0.689. The highest BCUT2D eigenvalue weighted by atomic mass is 16.5. The van der Waals surface area contributed by atoms with Gasteiger partial charge in [0.15, 0.2) is 6.10 Å². The molecule has 3 unspecified atom stereocenters. The molecule has 0 bridgehead atoms. The zero-order valence-electron chi connectivity index (χ0n) is 10.1. The van der Waals surface area contributed by atoms with E-state index >= 15 is 0 Å². The summed E-state index contributed by atoms with van der Waals surface area (Å²) < 4.78 is 10.1. The molecule has 6 heteroatoms. The van der Waals surface area contributed by atoms with Crippen LogP contribution in [0.5, 0.6) is 0 Å². The van der Waals surface area contributed by atoms with Crippen molar-refractivity contribution in [2.24, 2.45) is 5.92 Å². The maximum Gasteiger partial charge on any atom is 0.332 e. The minimum absolute atomic E-state index is 0.223. The fourth-order valence-electron chi connectivity index (χ4n) is 1.74. The van der Waals surface area contributed by atoms with E-state index in [0.29, 0.717) is 26.0 Å². The molecule has 0 aliphatic carbocycles. The number of carbonyl (C=O) groups excluding carboxylic acids is 1. The Morgan fingerprint density at radius 2 is 2.12 bits per heavy atom. The summed E-state index contributed by atoms with van der Waals surface area (Å²) in [4.78, 5) is 22.3. The molecule has 1 aliphatic heterocycles. The molecule has 17 heavy (non-hydrogen) atoms. The number of hydrogen-bond acceptors (Lipinski definition) is 4. The van der Waals surface area contributed by atoms with Crippen LogP contribution in [-0.2, 0) is 19.1 Å². The van der Waals surface area contributed by atoms with E-state index in [1.165, 1.54) is 0 Å². The summed E-state index contributed by atoms with van der Waals surface area (Å²) in [6.07, 6.45) is -0.629. The highest BCUT2D eigenvalue weighted by Gasteiger charge is 2.34. The van der Waals surface area contributed by atoms with Gasteiger partial charge in [0.2, 0.25) is 5.91 Å². The Balaban J connectivity index is 2.27. The molecule has 1 amide bonds. The number of nitrogens with one attached hydrogen (secondary N) is 1. The van der Waals surface area contributed by atoms with Crippen LogP contribution in [0, 0.1) is 5.92 Å². The van der Waals surface area contributed by atoms with Crippen LogP contribution in [0.4, 0.5) is 0 Å². The normalized spacial score (nSPS) is 25.5. The van der Waals surface area contributed by atoms with Crippen molar-refractivity contribution in [1.82, 2.24) is 5.32 Å². The number of aliphatic carboxylic acids is 1. The Bertz CT molecular complexity index is 281. The van der Waals surface area contributed by atoms with Crippen LogP contribution in [0.3, 0.4) is 0 Å². The molecule has 1 heterocycles. The van der Waals surface area contributed by atoms with Crippen LogP contribution in [0.1, 0.15) is 19.8 Å². The summed E-state index contributed by atoms with van der Waals surface area (Å²) in [5.74, 6) is -1.02. The first kappa shape index (κ1) is 13.9. The minimum atomic E-state index is -1.01. The van der Waals surface area contributed by atoms with Gasteiger partial charge in [-0.1, -0.05) is 6.92 Å². The Hall–Kier alpha value is -1.14. The highest BCUT2D eigenvalue weighted by molar-refractivity contribution is 5.82. The van der Waals surface area contributed by atoms with E-state index in [2.05, 4.69) is 5.32 Å². The van der Waals surface area contributed by atoms with Gasteiger partial charge >= 0.3 is 5.97 Å². The molecule has 0 aromatic carbocycles. The first-order valence-corrected chi connectivity index (χ1v) is 5.69. The summed E-state index contributed by atoms with van der Waals surface area (Å²) in [7, 11) is 1.61. The molecule has 1 aliphatic rings. The maximum absolute atomic E-state index is 11.7. The van der Waals surface area contributed by atoms with Gasteiger partial charge in [-0.25, -0.2) is 4.79 Å². The van der Waals surface area contributed by atoms with Gasteiger partial charge in [-0.15, -0.1) is 0 Å². The third-order valence-electron chi connectivity index (χ3n) is 2.66. The predicted molar refractivity (Wildman–Crippen MR) is 59.6 cm³/mol. The van der Waals surface area contributed by atoms with E-state index in [1.807, 2.05) is 6.92 Å². The fraction of sp³-hybridized carbons (Fsp3) is 0.818. The van der Waals surface area contributed by atoms with Crippen LogP contribution in [0.15, 0.2) is 0 Å². The number of rotatable bonds is 6. The van der Waals surface area contributed by atoms with E-state index in [1.54, 1.807) is 7.11 Å². The van der Waals surface area contributed by atoms with Gasteiger partial charge < -0.3 is 19.9 Å². The second kappa shape index (κ2) is 6.56. The lowest BCUT2D eigenvalue weighted by atomic mass is 10.1. The number of hydrogen-bond donors (Lipinski definition) is 2. The molecule has 0 saturated carbocycles. The first-order valence-electron chi connectivity index (χ1n) is 5.69. The average molecular weight is 245 g/mol. The van der Waals surface area contributed by atoms with E-state index < -0.39 is 18.2 Å². The van der Waals surface area contributed by atoms with Crippen molar-refractivity contribution in [2.75, 3.05) is 20.3 Å². The van der Waals surface area contributed by atoms with Crippen LogP contribution >= 0.6 is 0 Å². The van der Waals surface area contributed by atoms with Crippen molar-refractivity contribution in [2.45, 2.75) is 32.0 Å².